The molecule has 0 spiro atoms. The predicted octanol–water partition coefficient (Wildman–Crippen LogP) is 2.91. The molecule has 0 N–H and O–H groups in total. The summed E-state index contributed by atoms with van der Waals surface area (Å²) in [6, 6.07) is 0.708. The fourth-order valence-electron chi connectivity index (χ4n) is 2.47. The zero-order valence-corrected chi connectivity index (χ0v) is 9.22. The lowest BCUT2D eigenvalue weighted by atomic mass is 9.85. The van der Waals surface area contributed by atoms with E-state index in [0.29, 0.717) is 11.6 Å². The summed E-state index contributed by atoms with van der Waals surface area (Å²) in [6.45, 7) is 13.0. The first-order valence-corrected chi connectivity index (χ1v) is 5.25. The van der Waals surface area contributed by atoms with Crippen LogP contribution in [0.3, 0.4) is 0 Å². The van der Waals surface area contributed by atoms with Gasteiger partial charge >= 0.3 is 0 Å². The smallest absolute Gasteiger partial charge is 0.0207 e. The first kappa shape index (κ1) is 10.0. The average molecular weight is 169 g/mol. The van der Waals surface area contributed by atoms with Gasteiger partial charge in [0.25, 0.3) is 0 Å². The van der Waals surface area contributed by atoms with Crippen LogP contribution in [0.25, 0.3) is 0 Å². The van der Waals surface area contributed by atoms with E-state index in [1.54, 1.807) is 0 Å². The molecular weight excluding hydrogens is 146 g/mol. The number of hydrogen-bond acceptors (Lipinski definition) is 1. The van der Waals surface area contributed by atoms with Gasteiger partial charge in [-0.05, 0) is 46.1 Å². The number of rotatable bonds is 2. The monoisotopic (exact) mass is 169 g/mol. The summed E-state index contributed by atoms with van der Waals surface area (Å²) in [5.74, 6) is 0.780. The third-order valence-corrected chi connectivity index (χ3v) is 3.61. The van der Waals surface area contributed by atoms with E-state index in [2.05, 4.69) is 39.5 Å². The Labute approximate surface area is 77.1 Å². The molecule has 0 saturated carbocycles. The summed E-state index contributed by atoms with van der Waals surface area (Å²) in [5, 5.41) is 0. The van der Waals surface area contributed by atoms with Crippen molar-refractivity contribution in [1.29, 1.82) is 0 Å². The molecule has 1 unspecified atom stereocenters. The van der Waals surface area contributed by atoms with Gasteiger partial charge < -0.3 is 0 Å². The molecule has 0 aromatic heterocycles. The molecule has 1 aliphatic heterocycles. The van der Waals surface area contributed by atoms with Crippen LogP contribution in [0.1, 0.15) is 47.5 Å². The second-order valence-electron chi connectivity index (χ2n) is 4.90. The third-order valence-electron chi connectivity index (χ3n) is 3.61. The van der Waals surface area contributed by atoms with E-state index in [1.807, 2.05) is 0 Å². The van der Waals surface area contributed by atoms with Crippen LogP contribution in [0, 0.1) is 5.92 Å². The maximum Gasteiger partial charge on any atom is 0.0207 e. The molecule has 12 heavy (non-hydrogen) atoms. The fourth-order valence-corrected chi connectivity index (χ4v) is 2.47. The lowest BCUT2D eigenvalue weighted by Gasteiger charge is -2.41. The van der Waals surface area contributed by atoms with Crippen LogP contribution < -0.4 is 0 Å². The Morgan fingerprint density at radius 2 is 1.75 bits per heavy atom. The predicted molar refractivity (Wildman–Crippen MR) is 54.3 cm³/mol. The highest BCUT2D eigenvalue weighted by Gasteiger charge is 2.39. The van der Waals surface area contributed by atoms with Gasteiger partial charge in [-0.2, -0.15) is 0 Å². The van der Waals surface area contributed by atoms with Gasteiger partial charge in [-0.15, -0.1) is 0 Å². The standard InChI is InChI=1S/C11H23N/c1-9(2)11(5)7-6-8-12(11)10(3)4/h9-10H,6-8H2,1-5H3. The van der Waals surface area contributed by atoms with Crippen molar-refractivity contribution >= 4 is 0 Å². The number of hydrogen-bond donors (Lipinski definition) is 0. The van der Waals surface area contributed by atoms with Gasteiger partial charge in [-0.1, -0.05) is 13.8 Å². The largest absolute Gasteiger partial charge is 0.295 e. The summed E-state index contributed by atoms with van der Waals surface area (Å²) in [6.07, 6.45) is 2.76. The molecule has 0 radical (unpaired) electrons. The molecule has 72 valence electrons. The van der Waals surface area contributed by atoms with E-state index in [-0.39, 0.29) is 0 Å². The van der Waals surface area contributed by atoms with Crippen molar-refractivity contribution < 1.29 is 0 Å². The summed E-state index contributed by atoms with van der Waals surface area (Å²) in [4.78, 5) is 2.66. The molecule has 0 bridgehead atoms. The van der Waals surface area contributed by atoms with Crippen molar-refractivity contribution in [3.63, 3.8) is 0 Å². The highest BCUT2D eigenvalue weighted by molar-refractivity contribution is 4.95. The van der Waals surface area contributed by atoms with Crippen LogP contribution in [0.2, 0.25) is 0 Å². The summed E-state index contributed by atoms with van der Waals surface area (Å²) >= 11 is 0. The van der Waals surface area contributed by atoms with Crippen molar-refractivity contribution in [2.75, 3.05) is 6.54 Å². The van der Waals surface area contributed by atoms with Crippen LogP contribution in [-0.4, -0.2) is 23.0 Å². The van der Waals surface area contributed by atoms with Gasteiger partial charge in [-0.25, -0.2) is 0 Å². The van der Waals surface area contributed by atoms with Crippen LogP contribution in [-0.2, 0) is 0 Å². The zero-order valence-electron chi connectivity index (χ0n) is 9.22. The molecule has 1 nitrogen and oxygen atoms in total. The number of likely N-dealkylation sites (tertiary alicyclic amines) is 1. The van der Waals surface area contributed by atoms with E-state index >= 15 is 0 Å². The van der Waals surface area contributed by atoms with Crippen LogP contribution >= 0.6 is 0 Å². The Kier molecular flexibility index (Phi) is 2.82. The fraction of sp³-hybridized carbons (Fsp3) is 1.00. The summed E-state index contributed by atoms with van der Waals surface area (Å²) in [7, 11) is 0. The highest BCUT2D eigenvalue weighted by atomic mass is 15.2. The molecule has 1 rings (SSSR count). The van der Waals surface area contributed by atoms with E-state index in [1.165, 1.54) is 19.4 Å². The molecule has 0 aromatic carbocycles. The molecule has 0 aromatic rings. The molecule has 0 aliphatic carbocycles. The quantitative estimate of drug-likeness (QED) is 0.614. The van der Waals surface area contributed by atoms with Crippen molar-refractivity contribution in [3.05, 3.63) is 0 Å². The van der Waals surface area contributed by atoms with Crippen LogP contribution in [0.4, 0.5) is 0 Å². The Hall–Kier alpha value is -0.0400. The zero-order chi connectivity index (χ0) is 9.35. The second kappa shape index (κ2) is 3.37. The lowest BCUT2D eigenvalue weighted by molar-refractivity contribution is 0.0754. The highest BCUT2D eigenvalue weighted by Crippen LogP contribution is 2.36. The first-order valence-electron chi connectivity index (χ1n) is 5.25. The van der Waals surface area contributed by atoms with Crippen LogP contribution in [0.5, 0.6) is 0 Å². The summed E-state index contributed by atoms with van der Waals surface area (Å²) in [5.41, 5.74) is 0.466. The molecule has 1 fully saturated rings. The molecule has 1 aliphatic rings. The topological polar surface area (TPSA) is 3.24 Å². The lowest BCUT2D eigenvalue weighted by Crippen LogP contribution is -2.48. The van der Waals surface area contributed by atoms with Gasteiger partial charge in [0.2, 0.25) is 0 Å². The molecule has 0 amide bonds. The van der Waals surface area contributed by atoms with Gasteiger partial charge in [0, 0.05) is 11.6 Å². The van der Waals surface area contributed by atoms with E-state index in [0.717, 1.165) is 5.92 Å². The van der Waals surface area contributed by atoms with Crippen molar-refractivity contribution in [2.45, 2.75) is 59.0 Å². The molecule has 1 heterocycles. The Bertz CT molecular complexity index is 151. The Balaban J connectivity index is 2.74. The Morgan fingerprint density at radius 1 is 1.17 bits per heavy atom. The van der Waals surface area contributed by atoms with E-state index < -0.39 is 0 Å². The minimum atomic E-state index is 0.466. The van der Waals surface area contributed by atoms with E-state index in [4.69, 9.17) is 0 Å². The summed E-state index contributed by atoms with van der Waals surface area (Å²) < 4.78 is 0. The molecule has 1 atom stereocenters. The van der Waals surface area contributed by atoms with Crippen molar-refractivity contribution in [1.82, 2.24) is 4.90 Å². The minimum absolute atomic E-state index is 0.466. The Morgan fingerprint density at radius 3 is 2.08 bits per heavy atom. The van der Waals surface area contributed by atoms with Gasteiger partial charge in [0.05, 0.1) is 0 Å². The number of nitrogens with zero attached hydrogens (tertiary/aromatic N) is 1. The third kappa shape index (κ3) is 1.52. The molecule has 1 heteroatoms. The van der Waals surface area contributed by atoms with Crippen molar-refractivity contribution in [2.24, 2.45) is 5.92 Å². The average Bonchev–Trinajstić information content (AvgIpc) is 2.32. The SMILES string of the molecule is CC(C)N1CCCC1(C)C(C)C. The maximum atomic E-state index is 2.66. The molecular formula is C11H23N. The van der Waals surface area contributed by atoms with Crippen molar-refractivity contribution in [3.8, 4) is 0 Å². The van der Waals surface area contributed by atoms with Gasteiger partial charge in [-0.3, -0.25) is 4.90 Å². The second-order valence-corrected chi connectivity index (χ2v) is 4.90. The first-order chi connectivity index (χ1) is 5.48. The maximum absolute atomic E-state index is 2.66. The van der Waals surface area contributed by atoms with Crippen LogP contribution in [0.15, 0.2) is 0 Å². The van der Waals surface area contributed by atoms with E-state index in [9.17, 15) is 0 Å². The normalized spacial score (nSPS) is 32.2. The molecule has 1 saturated heterocycles. The van der Waals surface area contributed by atoms with Gasteiger partial charge in [0.15, 0.2) is 0 Å². The van der Waals surface area contributed by atoms with Gasteiger partial charge in [0.1, 0.15) is 0 Å². The minimum Gasteiger partial charge on any atom is -0.295 e.